The van der Waals surface area contributed by atoms with E-state index in [1.807, 2.05) is 41.0 Å². The smallest absolute Gasteiger partial charge is 0.308 e. The number of unbranched alkanes of at least 4 members (excludes halogenated alkanes) is 1. The lowest BCUT2D eigenvalue weighted by Gasteiger charge is -2.29. The molecule has 2 N–H and O–H groups in total. The molecule has 0 radical (unpaired) electrons. The highest BCUT2D eigenvalue weighted by Crippen LogP contribution is 2.44. The lowest BCUT2D eigenvalue weighted by atomic mass is 9.83. The lowest BCUT2D eigenvalue weighted by molar-refractivity contribution is -0.670. The van der Waals surface area contributed by atoms with Crippen molar-refractivity contribution in [3.63, 3.8) is 0 Å². The molecule has 2 aliphatic heterocycles. The Morgan fingerprint density at radius 2 is 2.12 bits per heavy atom. The third kappa shape index (κ3) is 6.20. The molecule has 2 aliphatic rings. The largest absolute Gasteiger partial charge is 0.481 e. The molecule has 0 unspecified atom stereocenters. The van der Waals surface area contributed by atoms with Crippen LogP contribution < -0.4 is 18.9 Å². The van der Waals surface area contributed by atoms with Crippen molar-refractivity contribution in [1.29, 1.82) is 0 Å². The summed E-state index contributed by atoms with van der Waals surface area (Å²) in [4.78, 5) is 34.7. The Labute approximate surface area is 238 Å². The first-order valence-electron chi connectivity index (χ1n) is 14.0. The third-order valence-electron chi connectivity index (χ3n) is 7.95. The van der Waals surface area contributed by atoms with Crippen LogP contribution >= 0.6 is 0 Å². The molecule has 0 spiro atoms. The molecule has 41 heavy (non-hydrogen) atoms. The number of aromatic nitrogens is 2. The zero-order valence-corrected chi connectivity index (χ0v) is 23.4. The van der Waals surface area contributed by atoms with E-state index in [0.717, 1.165) is 24.1 Å². The number of ether oxygens (including phenoxy) is 2. The van der Waals surface area contributed by atoms with Crippen molar-refractivity contribution in [2.75, 3.05) is 31.3 Å². The van der Waals surface area contributed by atoms with Crippen molar-refractivity contribution < 1.29 is 38.3 Å². The molecule has 0 bridgehead atoms. The molecular weight excluding hydrogens is 528 g/mol. The second kappa shape index (κ2) is 12.7. The third-order valence-corrected chi connectivity index (χ3v) is 7.95. The number of fused-ring (bicyclic) bond motifs is 1. The maximum absolute atomic E-state index is 13.9. The average molecular weight is 566 g/mol. The van der Waals surface area contributed by atoms with Gasteiger partial charge in [0.05, 0.1) is 25.3 Å². The number of anilines is 1. The molecule has 0 aliphatic carbocycles. The normalized spacial score (nSPS) is 19.9. The summed E-state index contributed by atoms with van der Waals surface area (Å²) >= 11 is 0. The van der Waals surface area contributed by atoms with Gasteiger partial charge in [-0.15, -0.1) is 0 Å². The zero-order chi connectivity index (χ0) is 28.9. The molecule has 1 amide bonds. The maximum Gasteiger partial charge on any atom is 0.308 e. The van der Waals surface area contributed by atoms with Gasteiger partial charge in [0.2, 0.25) is 12.7 Å². The summed E-state index contributed by atoms with van der Waals surface area (Å²) < 4.78 is 18.5. The van der Waals surface area contributed by atoms with Crippen LogP contribution in [0.25, 0.3) is 0 Å². The zero-order valence-electron chi connectivity index (χ0n) is 23.4. The monoisotopic (exact) mass is 565 g/mol. The average Bonchev–Trinajstić information content (AvgIpc) is 3.72. The fourth-order valence-electron chi connectivity index (χ4n) is 5.98. The Kier molecular flexibility index (Phi) is 8.84. The first-order chi connectivity index (χ1) is 19.9. The number of hydrogen-bond donors (Lipinski definition) is 2. The van der Waals surface area contributed by atoms with Crippen molar-refractivity contribution in [2.24, 2.45) is 13.0 Å². The first-order valence-corrected chi connectivity index (χ1v) is 14.0. The predicted molar refractivity (Wildman–Crippen MR) is 147 cm³/mol. The van der Waals surface area contributed by atoms with E-state index < -0.39 is 23.8 Å². The fourth-order valence-corrected chi connectivity index (χ4v) is 5.98. The Bertz CT molecular complexity index is 1360. The Morgan fingerprint density at radius 3 is 2.83 bits per heavy atom. The van der Waals surface area contributed by atoms with Gasteiger partial charge >= 0.3 is 5.97 Å². The summed E-state index contributed by atoms with van der Waals surface area (Å²) in [5, 5.41) is 20.5. The fraction of sp³-hybridized carbons (Fsp3) is 0.467. The van der Waals surface area contributed by atoms with Gasteiger partial charge in [0.25, 0.3) is 0 Å². The molecule has 3 aromatic rings. The Balaban J connectivity index is 1.47. The highest BCUT2D eigenvalue weighted by Gasteiger charge is 2.47. The van der Waals surface area contributed by atoms with Crippen LogP contribution in [0.5, 0.6) is 11.5 Å². The van der Waals surface area contributed by atoms with Gasteiger partial charge in [-0.25, -0.2) is 9.55 Å². The van der Waals surface area contributed by atoms with Crippen LogP contribution in [0.1, 0.15) is 49.1 Å². The summed E-state index contributed by atoms with van der Waals surface area (Å²) in [5.74, 6) is -0.770. The van der Waals surface area contributed by atoms with Crippen LogP contribution in [0, 0.1) is 5.92 Å². The molecule has 11 nitrogen and oxygen atoms in total. The quantitative estimate of drug-likeness (QED) is 0.319. The first kappa shape index (κ1) is 28.6. The number of carboxylic acids is 1. The van der Waals surface area contributed by atoms with Gasteiger partial charge in [0, 0.05) is 43.1 Å². The van der Waals surface area contributed by atoms with Gasteiger partial charge in [-0.1, -0.05) is 13.3 Å². The van der Waals surface area contributed by atoms with Crippen LogP contribution in [-0.4, -0.2) is 64.4 Å². The highest BCUT2D eigenvalue weighted by atomic mass is 16.7. The van der Waals surface area contributed by atoms with Gasteiger partial charge in [0.1, 0.15) is 19.0 Å². The number of likely N-dealkylation sites (tertiary alicyclic amines) is 1. The second-order valence-electron chi connectivity index (χ2n) is 10.6. The molecule has 5 rings (SSSR count). The minimum atomic E-state index is -0.941. The van der Waals surface area contributed by atoms with Gasteiger partial charge in [-0.3, -0.25) is 14.5 Å². The Hall–Kier alpha value is -3.96. The van der Waals surface area contributed by atoms with Crippen LogP contribution in [0.4, 0.5) is 5.69 Å². The van der Waals surface area contributed by atoms with E-state index in [-0.39, 0.29) is 25.9 Å². The number of benzene rings is 1. The molecule has 3 atom stereocenters. The summed E-state index contributed by atoms with van der Waals surface area (Å²) in [6.07, 6.45) is 9.58. The number of hydrogen-bond acceptors (Lipinski definition) is 8. The number of nitrogens with zero attached hydrogens (tertiary/aromatic N) is 4. The number of amides is 1. The Morgan fingerprint density at radius 1 is 1.27 bits per heavy atom. The summed E-state index contributed by atoms with van der Waals surface area (Å²) in [7, 11) is 1.92. The number of aryl methyl sites for hydroxylation is 2. The van der Waals surface area contributed by atoms with Crippen molar-refractivity contribution in [3.8, 4) is 11.5 Å². The number of aliphatic carboxylic acids is 1. The van der Waals surface area contributed by atoms with Crippen molar-refractivity contribution in [2.45, 2.75) is 51.2 Å². The summed E-state index contributed by atoms with van der Waals surface area (Å²) in [6.45, 7) is 2.86. The molecule has 1 aromatic carbocycles. The number of carboxylic acid groups (broad SMARTS) is 1. The minimum Gasteiger partial charge on any atom is -0.481 e. The second-order valence-corrected chi connectivity index (χ2v) is 10.6. The predicted octanol–water partition coefficient (Wildman–Crippen LogP) is 2.65. The van der Waals surface area contributed by atoms with Crippen molar-refractivity contribution >= 4 is 17.6 Å². The lowest BCUT2D eigenvalue weighted by Crippen LogP contribution is -2.45. The number of pyridine rings is 1. The molecule has 0 saturated carbocycles. The van der Waals surface area contributed by atoms with Crippen LogP contribution in [0.2, 0.25) is 0 Å². The van der Waals surface area contributed by atoms with Gasteiger partial charge in [-0.05, 0) is 36.6 Å². The van der Waals surface area contributed by atoms with Crippen molar-refractivity contribution in [1.82, 2.24) is 9.88 Å². The van der Waals surface area contributed by atoms with E-state index in [1.54, 1.807) is 23.2 Å². The van der Waals surface area contributed by atoms with Crippen molar-refractivity contribution in [3.05, 3.63) is 66.1 Å². The highest BCUT2D eigenvalue weighted by molar-refractivity contribution is 5.94. The number of oxazole rings is 1. The minimum absolute atomic E-state index is 0.0447. The van der Waals surface area contributed by atoms with E-state index in [9.17, 15) is 19.8 Å². The molecular formula is C30H37N4O7+. The maximum atomic E-state index is 13.9. The number of carbonyl (C=O) groups excluding carboxylic acids is 1. The SMILES string of the molecule is CCCCN(C(=O)CN1C[C@H](c2cc(CO)c3c(c2)OCO3)[C@@H](C(=O)O)[C@@H]1CCc1ncco1)c1ccc[n+](C)c1. The summed E-state index contributed by atoms with van der Waals surface area (Å²) in [5.41, 5.74) is 2.09. The van der Waals surface area contributed by atoms with E-state index in [4.69, 9.17) is 13.9 Å². The van der Waals surface area contributed by atoms with Gasteiger partial charge < -0.3 is 29.0 Å². The van der Waals surface area contributed by atoms with E-state index in [0.29, 0.717) is 48.9 Å². The van der Waals surface area contributed by atoms with Gasteiger partial charge in [-0.2, -0.15) is 0 Å². The van der Waals surface area contributed by atoms with Crippen LogP contribution in [-0.2, 0) is 29.7 Å². The van der Waals surface area contributed by atoms with E-state index in [1.165, 1.54) is 6.26 Å². The van der Waals surface area contributed by atoms with E-state index >= 15 is 0 Å². The number of aliphatic hydroxyl groups excluding tert-OH is 1. The molecule has 218 valence electrons. The number of rotatable bonds is 12. The molecule has 2 aromatic heterocycles. The number of aliphatic hydroxyl groups is 1. The summed E-state index contributed by atoms with van der Waals surface area (Å²) in [6, 6.07) is 6.98. The molecule has 4 heterocycles. The van der Waals surface area contributed by atoms with Crippen LogP contribution in [0.3, 0.4) is 0 Å². The standard InChI is InChI=1S/C30H36N4O7/c1-3-4-11-34(22-6-5-10-32(2)15-22)27(36)17-33-16-23(20-13-21(18-35)29-25(14-20)40-19-41-29)28(30(37)38)24(33)7-8-26-31-9-12-39-26/h5-6,9-10,12-15,23-24,28,35H,3-4,7-8,11,16-19H2,1-2H3/p+1/t23-,24+,28-/m1/s1. The van der Waals surface area contributed by atoms with Gasteiger partial charge in [0.15, 0.2) is 29.8 Å². The van der Waals surface area contributed by atoms with E-state index in [2.05, 4.69) is 11.9 Å². The molecule has 1 fully saturated rings. The topological polar surface area (TPSA) is 129 Å². The molecule has 1 saturated heterocycles. The van der Waals surface area contributed by atoms with Crippen LogP contribution in [0.15, 0.2) is 53.5 Å². The molecule has 11 heteroatoms. The number of carbonyl (C=O) groups is 2.